The molecule has 0 amide bonds. The molecule has 4 aromatic carbocycles. The van der Waals surface area contributed by atoms with Gasteiger partial charge in [-0.3, -0.25) is 9.59 Å². The number of halogens is 12. The van der Waals surface area contributed by atoms with Crippen LogP contribution in [0.15, 0.2) is 132 Å². The SMILES string of the molecule is C=C[C@H](c1c(F)cc(F)cc1F)n1cnc(=O)c2cc(Oc3ncccc3C(F)(F)F)ccc21.O=c1ncn([C@@H](c2c(F)cc(F)cc2F)C2CC2)c2ccc(Oc3ncccc3C(F)(F)F)cc12. The number of ether oxygens (including phenoxy) is 2. The highest BCUT2D eigenvalue weighted by atomic mass is 19.4. The standard InChI is InChI=1S/C24H15F6N3O2.C23H13F6N3O2/c25-13-8-17(26)20(18(27)9-13)21(12-3-4-12)33-11-32-22(34)15-10-14(5-6-19(15)33)35-23-16(24(28,29)30)2-1-7-31-23;1-2-18(20-16(25)8-12(24)9-17(20)26)32-11-31-21(33)14-10-13(5-6-19(14)32)34-22-15(23(27,28)29)4-3-7-30-22/h1-2,5-12,21H,3-4H2;2-11,18H,1H2/t21-;18-/m11/s1. The Morgan fingerprint density at radius 3 is 1.42 bits per heavy atom. The highest BCUT2D eigenvalue weighted by Gasteiger charge is 2.39. The van der Waals surface area contributed by atoms with Crippen molar-refractivity contribution in [3.63, 3.8) is 0 Å². The summed E-state index contributed by atoms with van der Waals surface area (Å²) in [6.45, 7) is 3.56. The fraction of sp³-hybridized carbons (Fsp3) is 0.149. The molecule has 0 unspecified atom stereocenters. The van der Waals surface area contributed by atoms with Crippen LogP contribution < -0.4 is 20.6 Å². The van der Waals surface area contributed by atoms with E-state index in [4.69, 9.17) is 9.47 Å². The minimum atomic E-state index is -4.73. The van der Waals surface area contributed by atoms with Crippen molar-refractivity contribution < 1.29 is 62.2 Å². The molecule has 0 N–H and O–H groups in total. The summed E-state index contributed by atoms with van der Waals surface area (Å²) in [6, 6.07) is 11.4. The van der Waals surface area contributed by atoms with Crippen LogP contribution in [-0.2, 0) is 12.4 Å². The number of allylic oxidation sites excluding steroid dienone is 1. The molecule has 69 heavy (non-hydrogen) atoms. The number of rotatable bonds is 10. The van der Waals surface area contributed by atoms with Crippen molar-refractivity contribution in [3.8, 4) is 23.3 Å². The molecule has 1 aliphatic carbocycles. The van der Waals surface area contributed by atoms with E-state index in [2.05, 4.69) is 26.5 Å². The summed E-state index contributed by atoms with van der Waals surface area (Å²) in [4.78, 5) is 39.6. The molecule has 9 rings (SSSR count). The van der Waals surface area contributed by atoms with Crippen molar-refractivity contribution in [2.24, 2.45) is 5.92 Å². The van der Waals surface area contributed by atoms with Crippen molar-refractivity contribution in [2.75, 3.05) is 0 Å². The van der Waals surface area contributed by atoms with Gasteiger partial charge < -0.3 is 18.6 Å². The number of alkyl halides is 6. The van der Waals surface area contributed by atoms with Gasteiger partial charge in [-0.05, 0) is 79.4 Å². The maximum atomic E-state index is 14.7. The van der Waals surface area contributed by atoms with Gasteiger partial charge in [-0.1, -0.05) is 6.08 Å². The minimum Gasteiger partial charge on any atom is -0.438 e. The molecule has 2 atom stereocenters. The zero-order valence-electron chi connectivity index (χ0n) is 34.7. The van der Waals surface area contributed by atoms with Crippen LogP contribution in [-0.4, -0.2) is 29.1 Å². The highest BCUT2D eigenvalue weighted by molar-refractivity contribution is 5.81. The van der Waals surface area contributed by atoms with Crippen LogP contribution in [0.5, 0.6) is 23.3 Å². The molecule has 0 bridgehead atoms. The van der Waals surface area contributed by atoms with Gasteiger partial charge >= 0.3 is 12.4 Å². The zero-order chi connectivity index (χ0) is 49.5. The molecule has 0 radical (unpaired) electrons. The lowest BCUT2D eigenvalue weighted by molar-refractivity contribution is -0.139. The Bertz CT molecular complexity index is 3370. The number of aromatic nitrogens is 6. The molecule has 0 aliphatic heterocycles. The summed E-state index contributed by atoms with van der Waals surface area (Å²) in [6.07, 6.45) is -2.56. The van der Waals surface area contributed by atoms with E-state index in [1.54, 1.807) is 0 Å². The molecule has 8 aromatic rings. The molecule has 1 fully saturated rings. The van der Waals surface area contributed by atoms with Gasteiger partial charge in [0.15, 0.2) is 0 Å². The van der Waals surface area contributed by atoms with Crippen molar-refractivity contribution in [1.82, 2.24) is 29.1 Å². The third-order valence-corrected chi connectivity index (χ3v) is 10.7. The fourth-order valence-electron chi connectivity index (χ4n) is 7.54. The van der Waals surface area contributed by atoms with E-state index >= 15 is 0 Å². The first-order valence-corrected chi connectivity index (χ1v) is 20.1. The summed E-state index contributed by atoms with van der Waals surface area (Å²) in [7, 11) is 0. The van der Waals surface area contributed by atoms with Crippen LogP contribution >= 0.6 is 0 Å². The molecule has 4 heterocycles. The molecule has 1 saturated carbocycles. The number of pyridine rings is 2. The maximum absolute atomic E-state index is 14.7. The van der Waals surface area contributed by atoms with E-state index in [9.17, 15) is 62.3 Å². The van der Waals surface area contributed by atoms with Gasteiger partial charge in [-0.2, -0.15) is 36.3 Å². The zero-order valence-corrected chi connectivity index (χ0v) is 34.7. The lowest BCUT2D eigenvalue weighted by Crippen LogP contribution is -2.21. The smallest absolute Gasteiger partial charge is 0.421 e. The minimum absolute atomic E-state index is 0.0388. The predicted octanol–water partition coefficient (Wildman–Crippen LogP) is 11.8. The molecule has 4 aromatic heterocycles. The summed E-state index contributed by atoms with van der Waals surface area (Å²) < 4.78 is 178. The summed E-state index contributed by atoms with van der Waals surface area (Å²) in [5.74, 6) is -8.53. The van der Waals surface area contributed by atoms with Crippen LogP contribution in [0.2, 0.25) is 0 Å². The second kappa shape index (κ2) is 18.6. The normalized spacial score (nSPS) is 13.7. The molecular formula is C47H28F12N6O4. The van der Waals surface area contributed by atoms with Gasteiger partial charge in [-0.15, -0.1) is 6.58 Å². The Kier molecular flexibility index (Phi) is 12.8. The van der Waals surface area contributed by atoms with Crippen LogP contribution in [0.3, 0.4) is 0 Å². The van der Waals surface area contributed by atoms with E-state index in [0.717, 1.165) is 55.4 Å². The van der Waals surface area contributed by atoms with Gasteiger partial charge in [0.1, 0.15) is 63.9 Å². The van der Waals surface area contributed by atoms with Gasteiger partial charge in [0, 0.05) is 42.2 Å². The maximum Gasteiger partial charge on any atom is 0.421 e. The summed E-state index contributed by atoms with van der Waals surface area (Å²) >= 11 is 0. The molecule has 1 aliphatic rings. The number of fused-ring (bicyclic) bond motifs is 2. The second-order valence-electron chi connectivity index (χ2n) is 15.2. The number of hydrogen-bond donors (Lipinski definition) is 0. The van der Waals surface area contributed by atoms with E-state index in [1.807, 2.05) is 0 Å². The van der Waals surface area contributed by atoms with E-state index in [-0.39, 0.29) is 44.8 Å². The van der Waals surface area contributed by atoms with Gasteiger partial charge in [0.2, 0.25) is 11.8 Å². The topological polar surface area (TPSA) is 114 Å². The quantitative estimate of drug-likeness (QED) is 0.0983. The Morgan fingerprint density at radius 2 is 1.00 bits per heavy atom. The first-order chi connectivity index (χ1) is 32.7. The first kappa shape index (κ1) is 47.5. The van der Waals surface area contributed by atoms with Gasteiger partial charge in [0.25, 0.3) is 11.1 Å². The third-order valence-electron chi connectivity index (χ3n) is 10.7. The van der Waals surface area contributed by atoms with Crippen LogP contribution in [0.1, 0.15) is 47.2 Å². The number of nitrogens with zero attached hydrogens (tertiary/aromatic N) is 6. The van der Waals surface area contributed by atoms with E-state index in [1.165, 1.54) is 45.5 Å². The van der Waals surface area contributed by atoms with Crippen LogP contribution in [0.4, 0.5) is 52.7 Å². The second-order valence-corrected chi connectivity index (χ2v) is 15.2. The molecule has 10 nitrogen and oxygen atoms in total. The van der Waals surface area contributed by atoms with Crippen molar-refractivity contribution in [3.05, 3.63) is 200 Å². The average molecular weight is 969 g/mol. The lowest BCUT2D eigenvalue weighted by Gasteiger charge is -2.23. The lowest BCUT2D eigenvalue weighted by atomic mass is 9.99. The summed E-state index contributed by atoms with van der Waals surface area (Å²) in [5, 5.41) is -0.151. The highest BCUT2D eigenvalue weighted by Crippen LogP contribution is 2.46. The van der Waals surface area contributed by atoms with Crippen molar-refractivity contribution in [2.45, 2.75) is 37.3 Å². The average Bonchev–Trinajstić information content (AvgIpc) is 4.13. The van der Waals surface area contributed by atoms with Gasteiger partial charge in [-0.25, -0.2) is 36.3 Å². The third kappa shape index (κ3) is 9.86. The first-order valence-electron chi connectivity index (χ1n) is 20.1. The van der Waals surface area contributed by atoms with Crippen molar-refractivity contribution >= 4 is 21.8 Å². The number of hydrogen-bond acceptors (Lipinski definition) is 8. The van der Waals surface area contributed by atoms with E-state index in [0.29, 0.717) is 37.1 Å². The monoisotopic (exact) mass is 968 g/mol. The molecule has 22 heteroatoms. The van der Waals surface area contributed by atoms with Crippen LogP contribution in [0.25, 0.3) is 21.8 Å². The fourth-order valence-corrected chi connectivity index (χ4v) is 7.54. The Hall–Kier alpha value is -8.04. The van der Waals surface area contributed by atoms with E-state index < -0.39 is 98.9 Å². The molecule has 354 valence electrons. The largest absolute Gasteiger partial charge is 0.438 e. The molecule has 0 spiro atoms. The molecular weight excluding hydrogens is 941 g/mol. The van der Waals surface area contributed by atoms with Crippen LogP contribution in [0, 0.1) is 40.8 Å². The molecule has 0 saturated heterocycles. The number of benzene rings is 4. The Morgan fingerprint density at radius 1 is 0.580 bits per heavy atom. The summed E-state index contributed by atoms with van der Waals surface area (Å²) in [5.41, 5.74) is -4.24. The Labute approximate surface area is 379 Å². The van der Waals surface area contributed by atoms with Crippen molar-refractivity contribution in [1.29, 1.82) is 0 Å². The predicted molar refractivity (Wildman–Crippen MR) is 222 cm³/mol. The Balaban J connectivity index is 0.000000186. The van der Waals surface area contributed by atoms with Gasteiger partial charge in [0.05, 0.1) is 45.8 Å².